The minimum absolute atomic E-state index is 0.0158. The second-order valence-corrected chi connectivity index (χ2v) is 8.98. The SMILES string of the molecule is CC1CC(C)(C)N(c2ccc(Cl)cc2)c2ccc3c(c21)COc1ccccc1-3. The maximum Gasteiger partial charge on any atom is 0.127 e. The summed E-state index contributed by atoms with van der Waals surface area (Å²) in [5.41, 5.74) is 7.73. The van der Waals surface area contributed by atoms with Gasteiger partial charge in [0, 0.05) is 33.1 Å². The molecule has 2 aliphatic heterocycles. The maximum atomic E-state index is 6.15. The minimum Gasteiger partial charge on any atom is -0.488 e. The average Bonchev–Trinajstić information content (AvgIpc) is 2.68. The second-order valence-electron chi connectivity index (χ2n) is 8.54. The third-order valence-electron chi connectivity index (χ3n) is 6.11. The van der Waals surface area contributed by atoms with E-state index in [2.05, 4.69) is 68.1 Å². The summed E-state index contributed by atoms with van der Waals surface area (Å²) in [4.78, 5) is 2.47. The van der Waals surface area contributed by atoms with Gasteiger partial charge in [-0.15, -0.1) is 0 Å². The van der Waals surface area contributed by atoms with Crippen LogP contribution >= 0.6 is 11.6 Å². The molecule has 0 aliphatic carbocycles. The van der Waals surface area contributed by atoms with Gasteiger partial charge in [-0.05, 0) is 73.7 Å². The summed E-state index contributed by atoms with van der Waals surface area (Å²) < 4.78 is 6.14. The summed E-state index contributed by atoms with van der Waals surface area (Å²) in [6.07, 6.45) is 1.08. The third kappa shape index (κ3) is 2.62. The van der Waals surface area contributed by atoms with Gasteiger partial charge >= 0.3 is 0 Å². The Bertz CT molecular complexity index is 1050. The fourth-order valence-corrected chi connectivity index (χ4v) is 5.24. The van der Waals surface area contributed by atoms with Crippen molar-refractivity contribution in [2.75, 3.05) is 4.90 Å². The van der Waals surface area contributed by atoms with E-state index >= 15 is 0 Å². The van der Waals surface area contributed by atoms with Crippen molar-refractivity contribution < 1.29 is 4.74 Å². The topological polar surface area (TPSA) is 12.5 Å². The van der Waals surface area contributed by atoms with Crippen LogP contribution in [-0.2, 0) is 6.61 Å². The van der Waals surface area contributed by atoms with E-state index in [4.69, 9.17) is 16.3 Å². The number of hydrogen-bond donors (Lipinski definition) is 0. The van der Waals surface area contributed by atoms with Gasteiger partial charge in [0.15, 0.2) is 0 Å². The molecule has 2 nitrogen and oxygen atoms in total. The maximum absolute atomic E-state index is 6.15. The molecule has 3 aromatic rings. The van der Waals surface area contributed by atoms with Gasteiger partial charge in [-0.25, -0.2) is 0 Å². The second kappa shape index (κ2) is 6.28. The molecule has 0 fully saturated rings. The lowest BCUT2D eigenvalue weighted by molar-refractivity contribution is 0.298. The smallest absolute Gasteiger partial charge is 0.127 e. The van der Waals surface area contributed by atoms with Crippen LogP contribution in [0, 0.1) is 0 Å². The molecule has 1 atom stereocenters. The van der Waals surface area contributed by atoms with Crippen LogP contribution < -0.4 is 9.64 Å². The molecule has 2 heterocycles. The van der Waals surface area contributed by atoms with Crippen LogP contribution in [0.4, 0.5) is 11.4 Å². The summed E-state index contributed by atoms with van der Waals surface area (Å²) >= 11 is 6.15. The number of hydrogen-bond acceptors (Lipinski definition) is 2. The van der Waals surface area contributed by atoms with E-state index in [0.717, 1.165) is 17.2 Å². The van der Waals surface area contributed by atoms with Crippen molar-refractivity contribution in [3.63, 3.8) is 0 Å². The zero-order valence-corrected chi connectivity index (χ0v) is 17.3. The molecule has 2 aliphatic rings. The number of rotatable bonds is 1. The number of benzene rings is 3. The Labute approximate surface area is 171 Å². The zero-order valence-electron chi connectivity index (χ0n) is 16.5. The zero-order chi connectivity index (χ0) is 19.5. The molecule has 142 valence electrons. The van der Waals surface area contributed by atoms with Gasteiger partial charge in [-0.3, -0.25) is 0 Å². The molecular formula is C25H24ClNO. The summed E-state index contributed by atoms with van der Waals surface area (Å²) in [6, 6.07) is 21.1. The van der Waals surface area contributed by atoms with Crippen molar-refractivity contribution >= 4 is 23.0 Å². The molecule has 1 unspecified atom stereocenters. The number of fused-ring (bicyclic) bond motifs is 5. The van der Waals surface area contributed by atoms with E-state index in [-0.39, 0.29) is 5.54 Å². The Morgan fingerprint density at radius 1 is 0.964 bits per heavy atom. The highest BCUT2D eigenvalue weighted by molar-refractivity contribution is 6.30. The standard InChI is InChI=1S/C25H24ClNO/c1-16-14-25(2,3)27(18-10-8-17(26)9-11-18)22-13-12-19-20-6-4-5-7-23(20)28-15-21(19)24(16)22/h4-13,16H,14-15H2,1-3H3. The molecule has 3 heteroatoms. The molecule has 0 radical (unpaired) electrons. The van der Waals surface area contributed by atoms with E-state index in [0.29, 0.717) is 12.5 Å². The summed E-state index contributed by atoms with van der Waals surface area (Å²) in [5.74, 6) is 1.45. The molecule has 0 saturated heterocycles. The lowest BCUT2D eigenvalue weighted by atomic mass is 9.76. The normalized spacial score (nSPS) is 19.3. The van der Waals surface area contributed by atoms with E-state index in [1.807, 2.05) is 18.2 Å². The first-order chi connectivity index (χ1) is 13.5. The van der Waals surface area contributed by atoms with Crippen molar-refractivity contribution in [2.45, 2.75) is 45.3 Å². The highest BCUT2D eigenvalue weighted by atomic mass is 35.5. The molecule has 5 rings (SSSR count). The first kappa shape index (κ1) is 17.6. The highest BCUT2D eigenvalue weighted by Crippen LogP contribution is 2.52. The minimum atomic E-state index is 0.0158. The van der Waals surface area contributed by atoms with Crippen molar-refractivity contribution in [3.8, 4) is 16.9 Å². The van der Waals surface area contributed by atoms with Crippen LogP contribution in [0.3, 0.4) is 0 Å². The largest absolute Gasteiger partial charge is 0.488 e. The van der Waals surface area contributed by atoms with E-state index in [1.165, 1.54) is 33.6 Å². The summed E-state index contributed by atoms with van der Waals surface area (Å²) in [5, 5.41) is 0.766. The van der Waals surface area contributed by atoms with Crippen LogP contribution in [0.2, 0.25) is 5.02 Å². The van der Waals surface area contributed by atoms with Crippen molar-refractivity contribution in [1.29, 1.82) is 0 Å². The van der Waals surface area contributed by atoms with Gasteiger partial charge in [0.05, 0.1) is 0 Å². The number of halogens is 1. The van der Waals surface area contributed by atoms with Gasteiger partial charge in [-0.1, -0.05) is 42.8 Å². The van der Waals surface area contributed by atoms with E-state index in [1.54, 1.807) is 0 Å². The monoisotopic (exact) mass is 389 g/mol. The molecule has 0 bridgehead atoms. The van der Waals surface area contributed by atoms with E-state index in [9.17, 15) is 0 Å². The van der Waals surface area contributed by atoms with Gasteiger partial charge in [0.1, 0.15) is 12.4 Å². The van der Waals surface area contributed by atoms with E-state index < -0.39 is 0 Å². The molecule has 0 spiro atoms. The molecule has 28 heavy (non-hydrogen) atoms. The van der Waals surface area contributed by atoms with Crippen LogP contribution in [-0.4, -0.2) is 5.54 Å². The van der Waals surface area contributed by atoms with Crippen molar-refractivity contribution in [3.05, 3.63) is 76.8 Å². The van der Waals surface area contributed by atoms with Gasteiger partial charge < -0.3 is 9.64 Å². The van der Waals surface area contributed by atoms with Gasteiger partial charge in [0.2, 0.25) is 0 Å². The number of anilines is 2. The Kier molecular flexibility index (Phi) is 3.96. The first-order valence-corrected chi connectivity index (χ1v) is 10.3. The number of nitrogens with zero attached hydrogens (tertiary/aromatic N) is 1. The van der Waals surface area contributed by atoms with Crippen LogP contribution in [0.15, 0.2) is 60.7 Å². The van der Waals surface area contributed by atoms with Crippen LogP contribution in [0.5, 0.6) is 5.75 Å². The molecular weight excluding hydrogens is 366 g/mol. The van der Waals surface area contributed by atoms with Gasteiger partial charge in [0.25, 0.3) is 0 Å². The van der Waals surface area contributed by atoms with Gasteiger partial charge in [-0.2, -0.15) is 0 Å². The third-order valence-corrected chi connectivity index (χ3v) is 6.36. The Morgan fingerprint density at radius 2 is 1.71 bits per heavy atom. The molecule has 0 amide bonds. The number of ether oxygens (including phenoxy) is 1. The summed E-state index contributed by atoms with van der Waals surface area (Å²) in [7, 11) is 0. The lowest BCUT2D eigenvalue weighted by Crippen LogP contribution is -2.45. The highest BCUT2D eigenvalue weighted by Gasteiger charge is 2.39. The Balaban J connectivity index is 1.73. The van der Waals surface area contributed by atoms with Crippen molar-refractivity contribution in [2.24, 2.45) is 0 Å². The Morgan fingerprint density at radius 3 is 2.50 bits per heavy atom. The predicted molar refractivity (Wildman–Crippen MR) is 117 cm³/mol. The lowest BCUT2D eigenvalue weighted by Gasteiger charge is -2.48. The van der Waals surface area contributed by atoms with Crippen LogP contribution in [0.1, 0.15) is 44.2 Å². The molecule has 3 aromatic carbocycles. The average molecular weight is 390 g/mol. The van der Waals surface area contributed by atoms with Crippen molar-refractivity contribution in [1.82, 2.24) is 0 Å². The number of para-hydroxylation sites is 1. The first-order valence-electron chi connectivity index (χ1n) is 9.89. The fraction of sp³-hybridized carbons (Fsp3) is 0.280. The summed E-state index contributed by atoms with van der Waals surface area (Å²) in [6.45, 7) is 7.63. The molecule has 0 N–H and O–H groups in total. The quantitative estimate of drug-likeness (QED) is 0.432. The molecule has 0 aromatic heterocycles. The van der Waals surface area contributed by atoms with Crippen LogP contribution in [0.25, 0.3) is 11.1 Å². The predicted octanol–water partition coefficient (Wildman–Crippen LogP) is 7.32. The fourth-order valence-electron chi connectivity index (χ4n) is 5.12. The Hall–Kier alpha value is -2.45. The molecule has 0 saturated carbocycles.